The first-order chi connectivity index (χ1) is 12.7. The highest BCUT2D eigenvalue weighted by Gasteiger charge is 2.04. The predicted octanol–water partition coefficient (Wildman–Crippen LogP) is 3.46. The molecule has 2 N–H and O–H groups in total. The first kappa shape index (κ1) is 17.7. The van der Waals surface area contributed by atoms with Crippen molar-refractivity contribution in [3.8, 4) is 5.75 Å². The first-order valence-electron chi connectivity index (χ1n) is 8.59. The third-order valence-corrected chi connectivity index (χ3v) is 4.02. The van der Waals surface area contributed by atoms with Crippen molar-refractivity contribution in [2.75, 3.05) is 24.3 Å². The second kappa shape index (κ2) is 8.80. The molecule has 0 saturated carbocycles. The number of methoxy groups -OCH3 is 1. The zero-order valence-electron chi connectivity index (χ0n) is 15.1. The fourth-order valence-corrected chi connectivity index (χ4v) is 2.58. The minimum absolute atomic E-state index is 0.508. The second-order valence-corrected chi connectivity index (χ2v) is 5.99. The van der Waals surface area contributed by atoms with Crippen LogP contribution in [0.15, 0.2) is 54.7 Å². The molecule has 3 rings (SSSR count). The van der Waals surface area contributed by atoms with Crippen molar-refractivity contribution in [3.63, 3.8) is 0 Å². The van der Waals surface area contributed by atoms with Gasteiger partial charge in [-0.15, -0.1) is 5.10 Å². The molecule has 0 aliphatic rings. The maximum atomic E-state index is 5.37. The number of para-hydroxylation sites is 1. The van der Waals surface area contributed by atoms with Gasteiger partial charge in [0.15, 0.2) is 5.82 Å². The Kier molecular flexibility index (Phi) is 5.98. The lowest BCUT2D eigenvalue weighted by atomic mass is 10.1. The van der Waals surface area contributed by atoms with Gasteiger partial charge in [0, 0.05) is 13.1 Å². The van der Waals surface area contributed by atoms with Crippen LogP contribution in [0.4, 0.5) is 11.8 Å². The fraction of sp³-hybridized carbons (Fsp3) is 0.250. The number of ether oxygens (including phenoxy) is 1. The summed E-state index contributed by atoms with van der Waals surface area (Å²) in [5.41, 5.74) is 3.59. The summed E-state index contributed by atoms with van der Waals surface area (Å²) in [5, 5.41) is 14.5. The number of aromatic nitrogens is 3. The van der Waals surface area contributed by atoms with Crippen LogP contribution in [0, 0.1) is 6.92 Å². The van der Waals surface area contributed by atoms with E-state index in [1.165, 1.54) is 11.1 Å². The van der Waals surface area contributed by atoms with Crippen LogP contribution in [0.25, 0.3) is 0 Å². The van der Waals surface area contributed by atoms with Crippen LogP contribution in [-0.4, -0.2) is 28.8 Å². The average Bonchev–Trinajstić information content (AvgIpc) is 2.68. The monoisotopic (exact) mass is 349 g/mol. The van der Waals surface area contributed by atoms with E-state index in [1.807, 2.05) is 18.2 Å². The molecule has 0 bridgehead atoms. The van der Waals surface area contributed by atoms with E-state index in [1.54, 1.807) is 13.3 Å². The van der Waals surface area contributed by atoms with Crippen LogP contribution in [0.1, 0.15) is 16.7 Å². The summed E-state index contributed by atoms with van der Waals surface area (Å²) in [6.07, 6.45) is 2.44. The molecule has 6 nitrogen and oxygen atoms in total. The molecular formula is C20H23N5O. The molecule has 3 aromatic rings. The van der Waals surface area contributed by atoms with Crippen LogP contribution in [-0.2, 0) is 13.0 Å². The summed E-state index contributed by atoms with van der Waals surface area (Å²) in [4.78, 5) is 4.45. The number of benzene rings is 2. The van der Waals surface area contributed by atoms with Crippen LogP contribution in [0.5, 0.6) is 5.75 Å². The zero-order chi connectivity index (χ0) is 18.2. The Morgan fingerprint density at radius 1 is 1.00 bits per heavy atom. The summed E-state index contributed by atoms with van der Waals surface area (Å²) < 4.78 is 5.37. The number of rotatable bonds is 8. The molecule has 0 spiro atoms. The zero-order valence-corrected chi connectivity index (χ0v) is 15.1. The summed E-state index contributed by atoms with van der Waals surface area (Å²) in [7, 11) is 1.68. The van der Waals surface area contributed by atoms with Gasteiger partial charge >= 0.3 is 0 Å². The van der Waals surface area contributed by atoms with E-state index >= 15 is 0 Å². The largest absolute Gasteiger partial charge is 0.496 e. The van der Waals surface area contributed by atoms with Crippen molar-refractivity contribution < 1.29 is 4.74 Å². The summed E-state index contributed by atoms with van der Waals surface area (Å²) in [6, 6.07) is 16.4. The Morgan fingerprint density at radius 3 is 2.62 bits per heavy atom. The number of nitrogens with one attached hydrogen (secondary N) is 2. The predicted molar refractivity (Wildman–Crippen MR) is 104 cm³/mol. The molecule has 1 heterocycles. The smallest absolute Gasteiger partial charge is 0.244 e. The van der Waals surface area contributed by atoms with Crippen molar-refractivity contribution in [2.24, 2.45) is 0 Å². The van der Waals surface area contributed by atoms with Crippen molar-refractivity contribution in [1.82, 2.24) is 15.2 Å². The Hall–Kier alpha value is -3.15. The third kappa shape index (κ3) is 4.92. The van der Waals surface area contributed by atoms with E-state index in [4.69, 9.17) is 4.74 Å². The lowest BCUT2D eigenvalue weighted by molar-refractivity contribution is 0.410. The molecule has 0 fully saturated rings. The average molecular weight is 349 g/mol. The van der Waals surface area contributed by atoms with Gasteiger partial charge in [0.2, 0.25) is 5.95 Å². The molecule has 0 atom stereocenters. The summed E-state index contributed by atoms with van der Waals surface area (Å²) in [5.74, 6) is 2.09. The summed E-state index contributed by atoms with van der Waals surface area (Å²) >= 11 is 0. The Labute approximate surface area is 153 Å². The van der Waals surface area contributed by atoms with Crippen LogP contribution >= 0.6 is 0 Å². The highest BCUT2D eigenvalue weighted by Crippen LogP contribution is 2.17. The van der Waals surface area contributed by atoms with E-state index in [0.29, 0.717) is 24.9 Å². The Morgan fingerprint density at radius 2 is 1.81 bits per heavy atom. The van der Waals surface area contributed by atoms with Crippen LogP contribution < -0.4 is 15.4 Å². The normalized spacial score (nSPS) is 10.4. The third-order valence-electron chi connectivity index (χ3n) is 4.02. The van der Waals surface area contributed by atoms with Gasteiger partial charge in [-0.25, -0.2) is 0 Å². The molecule has 134 valence electrons. The SMILES string of the molecule is COc1ccccc1CCNc1nncc(NCc2ccc(C)cc2)n1. The number of aryl methyl sites for hydroxylation is 1. The molecule has 0 radical (unpaired) electrons. The van der Waals surface area contributed by atoms with Gasteiger partial charge in [-0.05, 0) is 30.5 Å². The Balaban J connectivity index is 1.53. The van der Waals surface area contributed by atoms with Gasteiger partial charge in [-0.2, -0.15) is 10.1 Å². The minimum atomic E-state index is 0.508. The number of anilines is 2. The van der Waals surface area contributed by atoms with E-state index in [2.05, 4.69) is 63.1 Å². The van der Waals surface area contributed by atoms with Crippen molar-refractivity contribution in [3.05, 3.63) is 71.4 Å². The first-order valence-corrected chi connectivity index (χ1v) is 8.59. The van der Waals surface area contributed by atoms with E-state index in [0.717, 1.165) is 17.7 Å². The quantitative estimate of drug-likeness (QED) is 0.649. The lowest BCUT2D eigenvalue weighted by Gasteiger charge is -2.10. The van der Waals surface area contributed by atoms with E-state index < -0.39 is 0 Å². The Bertz CT molecular complexity index is 836. The molecule has 2 aromatic carbocycles. The van der Waals surface area contributed by atoms with Gasteiger partial charge in [-0.3, -0.25) is 0 Å². The topological polar surface area (TPSA) is 72.0 Å². The molecule has 6 heteroatoms. The van der Waals surface area contributed by atoms with Crippen LogP contribution in [0.3, 0.4) is 0 Å². The highest BCUT2D eigenvalue weighted by molar-refractivity contribution is 5.39. The summed E-state index contributed by atoms with van der Waals surface area (Å²) in [6.45, 7) is 3.47. The molecule has 0 aliphatic carbocycles. The minimum Gasteiger partial charge on any atom is -0.496 e. The van der Waals surface area contributed by atoms with Crippen molar-refractivity contribution >= 4 is 11.8 Å². The van der Waals surface area contributed by atoms with Gasteiger partial charge in [-0.1, -0.05) is 48.0 Å². The molecule has 1 aromatic heterocycles. The highest BCUT2D eigenvalue weighted by atomic mass is 16.5. The molecule has 0 amide bonds. The van der Waals surface area contributed by atoms with E-state index in [9.17, 15) is 0 Å². The standard InChI is InChI=1S/C20H23N5O/c1-15-7-9-16(10-8-15)13-22-19-14-23-25-20(24-19)21-12-11-17-5-3-4-6-18(17)26-2/h3-10,14H,11-13H2,1-2H3,(H2,21,22,24,25). The molecule has 26 heavy (non-hydrogen) atoms. The van der Waals surface area contributed by atoms with Crippen LogP contribution in [0.2, 0.25) is 0 Å². The number of hydrogen-bond acceptors (Lipinski definition) is 6. The van der Waals surface area contributed by atoms with Gasteiger partial charge in [0.25, 0.3) is 0 Å². The number of nitrogens with zero attached hydrogens (tertiary/aromatic N) is 3. The second-order valence-electron chi connectivity index (χ2n) is 5.99. The molecular weight excluding hydrogens is 326 g/mol. The van der Waals surface area contributed by atoms with Gasteiger partial charge in [0.1, 0.15) is 5.75 Å². The molecule has 0 aliphatic heterocycles. The van der Waals surface area contributed by atoms with Gasteiger partial charge in [0.05, 0.1) is 13.3 Å². The van der Waals surface area contributed by atoms with Gasteiger partial charge < -0.3 is 15.4 Å². The molecule has 0 saturated heterocycles. The maximum Gasteiger partial charge on any atom is 0.244 e. The van der Waals surface area contributed by atoms with E-state index in [-0.39, 0.29) is 0 Å². The van der Waals surface area contributed by atoms with Crippen molar-refractivity contribution in [2.45, 2.75) is 19.9 Å². The van der Waals surface area contributed by atoms with Crippen molar-refractivity contribution in [1.29, 1.82) is 0 Å². The fourth-order valence-electron chi connectivity index (χ4n) is 2.58. The molecule has 0 unspecified atom stereocenters. The number of hydrogen-bond donors (Lipinski definition) is 2. The lowest BCUT2D eigenvalue weighted by Crippen LogP contribution is -2.11. The maximum absolute atomic E-state index is 5.37.